The SMILES string of the molecule is CN(CCOc1cccc(Cl)c1)C(=O)c1cn[nH]c1. The molecule has 1 N–H and O–H groups in total. The maximum atomic E-state index is 11.9. The summed E-state index contributed by atoms with van der Waals surface area (Å²) < 4.78 is 5.52. The Balaban J connectivity index is 1.81. The van der Waals surface area contributed by atoms with Crippen molar-refractivity contribution in [2.45, 2.75) is 0 Å². The highest BCUT2D eigenvalue weighted by atomic mass is 35.5. The van der Waals surface area contributed by atoms with Gasteiger partial charge in [-0.2, -0.15) is 5.10 Å². The molecule has 0 aliphatic rings. The molecule has 100 valence electrons. The first kappa shape index (κ1) is 13.4. The molecule has 0 aliphatic heterocycles. The van der Waals surface area contributed by atoms with E-state index < -0.39 is 0 Å². The van der Waals surface area contributed by atoms with Crippen LogP contribution in [0.2, 0.25) is 5.02 Å². The average molecular weight is 280 g/mol. The lowest BCUT2D eigenvalue weighted by atomic mass is 10.3. The number of amides is 1. The van der Waals surface area contributed by atoms with Crippen LogP contribution in [0.5, 0.6) is 5.75 Å². The van der Waals surface area contributed by atoms with Crippen LogP contribution in [0.15, 0.2) is 36.7 Å². The zero-order valence-corrected chi connectivity index (χ0v) is 11.2. The summed E-state index contributed by atoms with van der Waals surface area (Å²) in [7, 11) is 1.72. The van der Waals surface area contributed by atoms with Gasteiger partial charge in [0.05, 0.1) is 18.3 Å². The van der Waals surface area contributed by atoms with Crippen LogP contribution in [0.25, 0.3) is 0 Å². The maximum Gasteiger partial charge on any atom is 0.256 e. The summed E-state index contributed by atoms with van der Waals surface area (Å²) in [6.07, 6.45) is 3.06. The molecule has 1 aromatic carbocycles. The minimum atomic E-state index is -0.0940. The van der Waals surface area contributed by atoms with E-state index in [2.05, 4.69) is 10.2 Å². The number of ether oxygens (including phenoxy) is 1. The molecule has 0 spiro atoms. The molecular weight excluding hydrogens is 266 g/mol. The predicted molar refractivity (Wildman–Crippen MR) is 72.5 cm³/mol. The molecule has 19 heavy (non-hydrogen) atoms. The van der Waals surface area contributed by atoms with Crippen molar-refractivity contribution in [1.82, 2.24) is 15.1 Å². The second-order valence-corrected chi connectivity index (χ2v) is 4.46. The van der Waals surface area contributed by atoms with E-state index in [1.54, 1.807) is 30.3 Å². The zero-order valence-electron chi connectivity index (χ0n) is 10.5. The van der Waals surface area contributed by atoms with Crippen molar-refractivity contribution < 1.29 is 9.53 Å². The number of carbonyl (C=O) groups excluding carboxylic acids is 1. The molecule has 0 atom stereocenters. The van der Waals surface area contributed by atoms with Crippen molar-refractivity contribution in [3.05, 3.63) is 47.2 Å². The van der Waals surface area contributed by atoms with Crippen molar-refractivity contribution in [2.75, 3.05) is 20.2 Å². The number of aromatic nitrogens is 2. The van der Waals surface area contributed by atoms with Gasteiger partial charge in [-0.1, -0.05) is 17.7 Å². The van der Waals surface area contributed by atoms with Gasteiger partial charge in [0.25, 0.3) is 5.91 Å². The van der Waals surface area contributed by atoms with E-state index in [4.69, 9.17) is 16.3 Å². The number of carbonyl (C=O) groups is 1. The van der Waals surface area contributed by atoms with Crippen molar-refractivity contribution >= 4 is 17.5 Å². The third-order valence-corrected chi connectivity index (χ3v) is 2.82. The first-order chi connectivity index (χ1) is 9.16. The standard InChI is InChI=1S/C13H14ClN3O2/c1-17(13(18)10-8-15-16-9-10)5-6-19-12-4-2-3-11(14)7-12/h2-4,7-9H,5-6H2,1H3,(H,15,16). The molecule has 1 amide bonds. The zero-order chi connectivity index (χ0) is 13.7. The number of benzene rings is 1. The van der Waals surface area contributed by atoms with E-state index in [0.29, 0.717) is 29.5 Å². The fourth-order valence-corrected chi connectivity index (χ4v) is 1.73. The number of rotatable bonds is 5. The molecule has 1 aromatic heterocycles. The second-order valence-electron chi connectivity index (χ2n) is 4.02. The Kier molecular flexibility index (Phi) is 4.41. The van der Waals surface area contributed by atoms with Gasteiger partial charge < -0.3 is 9.64 Å². The normalized spacial score (nSPS) is 10.2. The van der Waals surface area contributed by atoms with E-state index in [1.165, 1.54) is 6.20 Å². The van der Waals surface area contributed by atoms with E-state index in [-0.39, 0.29) is 5.91 Å². The molecule has 0 aliphatic carbocycles. The number of hydrogen-bond donors (Lipinski definition) is 1. The molecule has 0 saturated carbocycles. The third kappa shape index (κ3) is 3.72. The number of likely N-dealkylation sites (N-methyl/N-ethyl adjacent to an activating group) is 1. The second kappa shape index (κ2) is 6.24. The molecular formula is C13H14ClN3O2. The minimum Gasteiger partial charge on any atom is -0.492 e. The van der Waals surface area contributed by atoms with Crippen LogP contribution in [0.4, 0.5) is 0 Å². The number of nitrogens with one attached hydrogen (secondary N) is 1. The van der Waals surface area contributed by atoms with Gasteiger partial charge in [0.15, 0.2) is 0 Å². The number of hydrogen-bond acceptors (Lipinski definition) is 3. The van der Waals surface area contributed by atoms with Crippen molar-refractivity contribution in [3.63, 3.8) is 0 Å². The minimum absolute atomic E-state index is 0.0940. The summed E-state index contributed by atoms with van der Waals surface area (Å²) in [5.41, 5.74) is 0.533. The van der Waals surface area contributed by atoms with Crippen LogP contribution in [-0.4, -0.2) is 41.2 Å². The summed E-state index contributed by atoms with van der Waals surface area (Å²) in [6, 6.07) is 7.16. The quantitative estimate of drug-likeness (QED) is 0.913. The Morgan fingerprint density at radius 1 is 1.53 bits per heavy atom. The van der Waals surface area contributed by atoms with E-state index in [9.17, 15) is 4.79 Å². The van der Waals surface area contributed by atoms with Crippen LogP contribution in [0.1, 0.15) is 10.4 Å². The van der Waals surface area contributed by atoms with Gasteiger partial charge in [0, 0.05) is 18.3 Å². The van der Waals surface area contributed by atoms with Crippen LogP contribution < -0.4 is 4.74 Å². The van der Waals surface area contributed by atoms with Gasteiger partial charge in [-0.3, -0.25) is 9.89 Å². The molecule has 5 nitrogen and oxygen atoms in total. The van der Waals surface area contributed by atoms with Gasteiger partial charge in [0.2, 0.25) is 0 Å². The van der Waals surface area contributed by atoms with Gasteiger partial charge in [-0.25, -0.2) is 0 Å². The molecule has 2 rings (SSSR count). The molecule has 0 fully saturated rings. The first-order valence-corrected chi connectivity index (χ1v) is 6.17. The lowest BCUT2D eigenvalue weighted by Crippen LogP contribution is -2.30. The molecule has 2 aromatic rings. The fourth-order valence-electron chi connectivity index (χ4n) is 1.55. The van der Waals surface area contributed by atoms with Crippen molar-refractivity contribution in [3.8, 4) is 5.75 Å². The lowest BCUT2D eigenvalue weighted by Gasteiger charge is -2.16. The number of H-pyrrole nitrogens is 1. The monoisotopic (exact) mass is 279 g/mol. The van der Waals surface area contributed by atoms with Crippen LogP contribution in [-0.2, 0) is 0 Å². The Hall–Kier alpha value is -2.01. The summed E-state index contributed by atoms with van der Waals surface area (Å²) in [4.78, 5) is 13.5. The van der Waals surface area contributed by atoms with Crippen LogP contribution in [0, 0.1) is 0 Å². The van der Waals surface area contributed by atoms with Gasteiger partial charge in [-0.15, -0.1) is 0 Å². The van der Waals surface area contributed by atoms with E-state index in [0.717, 1.165) is 0 Å². The summed E-state index contributed by atoms with van der Waals surface area (Å²) >= 11 is 5.85. The molecule has 0 bridgehead atoms. The summed E-state index contributed by atoms with van der Waals surface area (Å²) in [5, 5.41) is 6.98. The Morgan fingerprint density at radius 2 is 2.37 bits per heavy atom. The van der Waals surface area contributed by atoms with Crippen LogP contribution in [0.3, 0.4) is 0 Å². The van der Waals surface area contributed by atoms with Crippen molar-refractivity contribution in [2.24, 2.45) is 0 Å². The molecule has 6 heteroatoms. The molecule has 0 unspecified atom stereocenters. The highest BCUT2D eigenvalue weighted by Crippen LogP contribution is 2.16. The number of aromatic amines is 1. The topological polar surface area (TPSA) is 58.2 Å². The maximum absolute atomic E-state index is 11.9. The highest BCUT2D eigenvalue weighted by molar-refractivity contribution is 6.30. The molecule has 1 heterocycles. The number of nitrogens with zero attached hydrogens (tertiary/aromatic N) is 2. The lowest BCUT2D eigenvalue weighted by molar-refractivity contribution is 0.0774. The summed E-state index contributed by atoms with van der Waals surface area (Å²) in [5.74, 6) is 0.597. The Morgan fingerprint density at radius 3 is 3.05 bits per heavy atom. The smallest absolute Gasteiger partial charge is 0.256 e. The average Bonchev–Trinajstić information content (AvgIpc) is 2.91. The number of halogens is 1. The Bertz CT molecular complexity index is 543. The van der Waals surface area contributed by atoms with Gasteiger partial charge in [-0.05, 0) is 18.2 Å². The fraction of sp³-hybridized carbons (Fsp3) is 0.231. The van der Waals surface area contributed by atoms with Crippen LogP contribution >= 0.6 is 11.6 Å². The largest absolute Gasteiger partial charge is 0.492 e. The summed E-state index contributed by atoms with van der Waals surface area (Å²) in [6.45, 7) is 0.886. The van der Waals surface area contributed by atoms with Gasteiger partial charge >= 0.3 is 0 Å². The van der Waals surface area contributed by atoms with Crippen molar-refractivity contribution in [1.29, 1.82) is 0 Å². The van der Waals surface area contributed by atoms with Gasteiger partial charge in [0.1, 0.15) is 12.4 Å². The molecule has 0 saturated heterocycles. The first-order valence-electron chi connectivity index (χ1n) is 5.79. The molecule has 0 radical (unpaired) electrons. The highest BCUT2D eigenvalue weighted by Gasteiger charge is 2.12. The van der Waals surface area contributed by atoms with E-state index >= 15 is 0 Å². The predicted octanol–water partition coefficient (Wildman–Crippen LogP) is 2.21. The Labute approximate surface area is 116 Å². The third-order valence-electron chi connectivity index (χ3n) is 2.58. The van der Waals surface area contributed by atoms with E-state index in [1.807, 2.05) is 12.1 Å².